The van der Waals surface area contributed by atoms with Gasteiger partial charge in [0.1, 0.15) is 5.82 Å². The monoisotopic (exact) mass is 346 g/mol. The first-order valence-electron chi connectivity index (χ1n) is 8.19. The second-order valence-corrected chi connectivity index (χ2v) is 6.03. The van der Waals surface area contributed by atoms with Gasteiger partial charge in [-0.1, -0.05) is 30.3 Å². The highest BCUT2D eigenvalue weighted by Gasteiger charge is 2.27. The van der Waals surface area contributed by atoms with Gasteiger partial charge < -0.3 is 10.2 Å². The Balaban J connectivity index is 1.51. The van der Waals surface area contributed by atoms with Crippen LogP contribution in [0.1, 0.15) is 26.3 Å². The summed E-state index contributed by atoms with van der Waals surface area (Å²) in [5, 5.41) is 2.66. The molecule has 128 valence electrons. The predicted molar refractivity (Wildman–Crippen MR) is 97.8 cm³/mol. The number of nitrogens with zero attached hydrogens (tertiary/aromatic N) is 1. The van der Waals surface area contributed by atoms with Crippen LogP contribution < -0.4 is 10.2 Å². The summed E-state index contributed by atoms with van der Waals surface area (Å²) in [4.78, 5) is 26.3. The number of halogens is 1. The van der Waals surface area contributed by atoms with Crippen LogP contribution in [-0.4, -0.2) is 11.8 Å². The summed E-state index contributed by atoms with van der Waals surface area (Å²) in [7, 11) is 0. The van der Waals surface area contributed by atoms with Crippen molar-refractivity contribution >= 4 is 23.2 Å². The molecule has 0 unspecified atom stereocenters. The van der Waals surface area contributed by atoms with Gasteiger partial charge in [0.15, 0.2) is 0 Å². The Hall–Kier alpha value is -3.47. The fourth-order valence-corrected chi connectivity index (χ4v) is 3.03. The van der Waals surface area contributed by atoms with Crippen LogP contribution in [0.3, 0.4) is 0 Å². The lowest BCUT2D eigenvalue weighted by Gasteiger charge is -2.16. The molecule has 0 bridgehead atoms. The minimum Gasteiger partial charge on any atom is -0.322 e. The number of hydrogen-bond donors (Lipinski definition) is 1. The normalized spacial score (nSPS) is 12.8. The van der Waals surface area contributed by atoms with Crippen LogP contribution in [0.5, 0.6) is 0 Å². The van der Waals surface area contributed by atoms with E-state index in [-0.39, 0.29) is 11.5 Å². The number of benzene rings is 3. The topological polar surface area (TPSA) is 49.4 Å². The summed E-state index contributed by atoms with van der Waals surface area (Å²) >= 11 is 0. The van der Waals surface area contributed by atoms with E-state index in [0.717, 1.165) is 11.3 Å². The zero-order chi connectivity index (χ0) is 18.1. The largest absolute Gasteiger partial charge is 0.322 e. The average molecular weight is 346 g/mol. The number of anilines is 2. The van der Waals surface area contributed by atoms with E-state index >= 15 is 0 Å². The van der Waals surface area contributed by atoms with Gasteiger partial charge in [-0.3, -0.25) is 9.59 Å². The standard InChI is InChI=1S/C21H15FN2O2/c22-19-8-4-3-7-18(19)20(25)23-15-9-11-16(12-10-15)24-13-14-5-1-2-6-17(14)21(24)26/h1-12H,13H2,(H,23,25). The molecule has 3 aromatic rings. The Labute approximate surface area is 149 Å². The van der Waals surface area contributed by atoms with Crippen molar-refractivity contribution in [1.29, 1.82) is 0 Å². The summed E-state index contributed by atoms with van der Waals surface area (Å²) in [5.74, 6) is -1.12. The number of amides is 2. The van der Waals surface area contributed by atoms with E-state index in [9.17, 15) is 14.0 Å². The lowest BCUT2D eigenvalue weighted by Crippen LogP contribution is -2.23. The van der Waals surface area contributed by atoms with E-state index in [1.54, 1.807) is 35.2 Å². The van der Waals surface area contributed by atoms with Crippen LogP contribution in [0.15, 0.2) is 72.8 Å². The first-order chi connectivity index (χ1) is 12.6. The smallest absolute Gasteiger partial charge is 0.258 e. The summed E-state index contributed by atoms with van der Waals surface area (Å²) < 4.78 is 13.7. The molecule has 0 saturated carbocycles. The average Bonchev–Trinajstić information content (AvgIpc) is 3.00. The van der Waals surface area contributed by atoms with Gasteiger partial charge in [-0.2, -0.15) is 0 Å². The summed E-state index contributed by atoms with van der Waals surface area (Å²) in [6, 6.07) is 20.3. The fourth-order valence-electron chi connectivity index (χ4n) is 3.03. The molecular weight excluding hydrogens is 331 g/mol. The van der Waals surface area contributed by atoms with Crippen LogP contribution in [0, 0.1) is 5.82 Å². The van der Waals surface area contributed by atoms with Crippen molar-refractivity contribution in [3.05, 3.63) is 95.3 Å². The Bertz CT molecular complexity index is 999. The zero-order valence-electron chi connectivity index (χ0n) is 13.8. The molecule has 0 saturated heterocycles. The summed E-state index contributed by atoms with van der Waals surface area (Å²) in [5.41, 5.74) is 2.97. The van der Waals surface area contributed by atoms with Crippen molar-refractivity contribution in [3.8, 4) is 0 Å². The molecule has 3 aromatic carbocycles. The molecule has 1 heterocycles. The molecule has 0 spiro atoms. The molecule has 4 nitrogen and oxygen atoms in total. The molecule has 0 atom stereocenters. The van der Waals surface area contributed by atoms with Gasteiger partial charge in [0, 0.05) is 16.9 Å². The van der Waals surface area contributed by atoms with Gasteiger partial charge in [0.05, 0.1) is 12.1 Å². The minimum atomic E-state index is -0.568. The highest BCUT2D eigenvalue weighted by atomic mass is 19.1. The Kier molecular flexibility index (Phi) is 3.97. The van der Waals surface area contributed by atoms with E-state index < -0.39 is 11.7 Å². The number of carbonyl (C=O) groups is 2. The third-order valence-corrected chi connectivity index (χ3v) is 4.38. The van der Waals surface area contributed by atoms with Crippen LogP contribution in [0.4, 0.5) is 15.8 Å². The summed E-state index contributed by atoms with van der Waals surface area (Å²) in [6.45, 7) is 0.524. The first-order valence-corrected chi connectivity index (χ1v) is 8.19. The zero-order valence-corrected chi connectivity index (χ0v) is 13.8. The molecule has 1 N–H and O–H groups in total. The maximum absolute atomic E-state index is 13.7. The number of carbonyl (C=O) groups excluding carboxylic acids is 2. The molecule has 0 fully saturated rings. The van der Waals surface area contributed by atoms with Gasteiger partial charge in [0.25, 0.3) is 11.8 Å². The van der Waals surface area contributed by atoms with Gasteiger partial charge in [-0.15, -0.1) is 0 Å². The second kappa shape index (κ2) is 6.44. The van der Waals surface area contributed by atoms with Crippen molar-refractivity contribution in [2.24, 2.45) is 0 Å². The predicted octanol–water partition coefficient (Wildman–Crippen LogP) is 4.24. The van der Waals surface area contributed by atoms with Gasteiger partial charge >= 0.3 is 0 Å². The molecule has 1 aliphatic heterocycles. The van der Waals surface area contributed by atoms with Gasteiger partial charge in [0.2, 0.25) is 0 Å². The third kappa shape index (κ3) is 2.84. The molecular formula is C21H15FN2O2. The van der Waals surface area contributed by atoms with Crippen molar-refractivity contribution in [3.63, 3.8) is 0 Å². The molecule has 4 rings (SSSR count). The fraction of sp³-hybridized carbons (Fsp3) is 0.0476. The van der Waals surface area contributed by atoms with Crippen molar-refractivity contribution in [2.75, 3.05) is 10.2 Å². The molecule has 0 aliphatic carbocycles. The molecule has 0 aromatic heterocycles. The Morgan fingerprint density at radius 1 is 0.923 bits per heavy atom. The number of nitrogens with one attached hydrogen (secondary N) is 1. The highest BCUT2D eigenvalue weighted by molar-refractivity contribution is 6.10. The SMILES string of the molecule is O=C(Nc1ccc(N2Cc3ccccc3C2=O)cc1)c1ccccc1F. The lowest BCUT2D eigenvalue weighted by atomic mass is 10.1. The van der Waals surface area contributed by atoms with E-state index in [1.165, 1.54) is 18.2 Å². The van der Waals surface area contributed by atoms with Crippen molar-refractivity contribution in [1.82, 2.24) is 0 Å². The quantitative estimate of drug-likeness (QED) is 0.771. The van der Waals surface area contributed by atoms with Crippen LogP contribution >= 0.6 is 0 Å². The van der Waals surface area contributed by atoms with E-state index in [4.69, 9.17) is 0 Å². The minimum absolute atomic E-state index is 0.0123. The number of fused-ring (bicyclic) bond motifs is 1. The molecule has 5 heteroatoms. The number of rotatable bonds is 3. The Morgan fingerprint density at radius 3 is 2.35 bits per heavy atom. The van der Waals surface area contributed by atoms with E-state index in [0.29, 0.717) is 17.8 Å². The molecule has 0 radical (unpaired) electrons. The van der Waals surface area contributed by atoms with Crippen LogP contribution in [-0.2, 0) is 6.54 Å². The first kappa shape index (κ1) is 16.0. The van der Waals surface area contributed by atoms with Crippen molar-refractivity contribution < 1.29 is 14.0 Å². The van der Waals surface area contributed by atoms with Gasteiger partial charge in [-0.25, -0.2) is 4.39 Å². The maximum atomic E-state index is 13.7. The van der Waals surface area contributed by atoms with E-state index in [2.05, 4.69) is 5.32 Å². The number of hydrogen-bond acceptors (Lipinski definition) is 2. The molecule has 2 amide bonds. The Morgan fingerprint density at radius 2 is 1.62 bits per heavy atom. The van der Waals surface area contributed by atoms with E-state index in [1.807, 2.05) is 24.3 Å². The molecule has 26 heavy (non-hydrogen) atoms. The third-order valence-electron chi connectivity index (χ3n) is 4.38. The highest BCUT2D eigenvalue weighted by Crippen LogP contribution is 2.29. The van der Waals surface area contributed by atoms with Crippen molar-refractivity contribution in [2.45, 2.75) is 6.54 Å². The second-order valence-electron chi connectivity index (χ2n) is 6.03. The van der Waals surface area contributed by atoms with Gasteiger partial charge in [-0.05, 0) is 48.0 Å². The maximum Gasteiger partial charge on any atom is 0.258 e. The molecule has 1 aliphatic rings. The summed E-state index contributed by atoms with van der Waals surface area (Å²) in [6.07, 6.45) is 0. The van der Waals surface area contributed by atoms with Crippen LogP contribution in [0.2, 0.25) is 0 Å². The lowest BCUT2D eigenvalue weighted by molar-refractivity contribution is 0.0993. The van der Waals surface area contributed by atoms with Crippen LogP contribution in [0.25, 0.3) is 0 Å².